The van der Waals surface area contributed by atoms with Gasteiger partial charge in [0.25, 0.3) is 0 Å². The monoisotopic (exact) mass is 373 g/mol. The van der Waals surface area contributed by atoms with Gasteiger partial charge in [0.05, 0.1) is 12.5 Å². The number of ether oxygens (including phenoxy) is 1. The summed E-state index contributed by atoms with van der Waals surface area (Å²) in [5.74, 6) is -0.340. The molecule has 0 aliphatic carbocycles. The lowest BCUT2D eigenvalue weighted by Crippen LogP contribution is -2.47. The van der Waals surface area contributed by atoms with Crippen molar-refractivity contribution in [2.45, 2.75) is 38.8 Å². The molecule has 2 fully saturated rings. The van der Waals surface area contributed by atoms with E-state index in [1.165, 1.54) is 0 Å². The van der Waals surface area contributed by atoms with Gasteiger partial charge in [0.15, 0.2) is 0 Å². The first kappa shape index (κ1) is 19.2. The molecule has 27 heavy (non-hydrogen) atoms. The number of piperidine rings is 1. The van der Waals surface area contributed by atoms with Crippen molar-refractivity contribution in [2.24, 2.45) is 5.92 Å². The molecule has 1 atom stereocenters. The zero-order valence-corrected chi connectivity index (χ0v) is 15.7. The van der Waals surface area contributed by atoms with Crippen molar-refractivity contribution in [3.05, 3.63) is 35.9 Å². The standard InChI is InChI=1S/C20H27N3O4/c1-2-27-20(26)22-10-8-17(9-11-22)23-14-16(12-18(23)24)19(25)21-13-15-6-4-3-5-7-15/h3-7,16-17H,2,8-14H2,1H3,(H,21,25). The Balaban J connectivity index is 1.47. The van der Waals surface area contributed by atoms with Crippen molar-refractivity contribution in [3.63, 3.8) is 0 Å². The maximum absolute atomic E-state index is 12.4. The second-order valence-corrected chi connectivity index (χ2v) is 7.07. The molecule has 0 saturated carbocycles. The van der Waals surface area contributed by atoms with Crippen molar-refractivity contribution < 1.29 is 19.1 Å². The number of benzene rings is 1. The minimum Gasteiger partial charge on any atom is -0.450 e. The van der Waals surface area contributed by atoms with Gasteiger partial charge >= 0.3 is 6.09 Å². The number of amides is 3. The van der Waals surface area contributed by atoms with Crippen LogP contribution in [-0.2, 0) is 20.9 Å². The van der Waals surface area contributed by atoms with Gasteiger partial charge in [-0.05, 0) is 25.3 Å². The molecule has 1 unspecified atom stereocenters. The predicted molar refractivity (Wildman–Crippen MR) is 99.7 cm³/mol. The molecule has 0 aromatic heterocycles. The van der Waals surface area contributed by atoms with Gasteiger partial charge < -0.3 is 19.9 Å². The second kappa shape index (κ2) is 8.88. The van der Waals surface area contributed by atoms with Crippen LogP contribution in [0.3, 0.4) is 0 Å². The molecular weight excluding hydrogens is 346 g/mol. The molecule has 1 aromatic rings. The van der Waals surface area contributed by atoms with Gasteiger partial charge in [-0.15, -0.1) is 0 Å². The van der Waals surface area contributed by atoms with Gasteiger partial charge in [0.2, 0.25) is 11.8 Å². The molecule has 2 aliphatic heterocycles. The number of hydrogen-bond acceptors (Lipinski definition) is 4. The van der Waals surface area contributed by atoms with Crippen LogP contribution < -0.4 is 5.32 Å². The van der Waals surface area contributed by atoms with Crippen LogP contribution in [0.25, 0.3) is 0 Å². The lowest BCUT2D eigenvalue weighted by atomic mass is 10.0. The van der Waals surface area contributed by atoms with Crippen molar-refractivity contribution in [1.82, 2.24) is 15.1 Å². The Labute approximate surface area is 159 Å². The SMILES string of the molecule is CCOC(=O)N1CCC(N2CC(C(=O)NCc3ccccc3)CC2=O)CC1. The second-order valence-electron chi connectivity index (χ2n) is 7.07. The highest BCUT2D eigenvalue weighted by molar-refractivity contribution is 5.89. The summed E-state index contributed by atoms with van der Waals surface area (Å²) < 4.78 is 5.03. The highest BCUT2D eigenvalue weighted by atomic mass is 16.6. The summed E-state index contributed by atoms with van der Waals surface area (Å²) in [5, 5.41) is 2.93. The van der Waals surface area contributed by atoms with Crippen LogP contribution in [0.5, 0.6) is 0 Å². The fourth-order valence-electron chi connectivity index (χ4n) is 3.76. The maximum atomic E-state index is 12.4. The Morgan fingerprint density at radius 1 is 1.19 bits per heavy atom. The zero-order valence-electron chi connectivity index (χ0n) is 15.7. The Morgan fingerprint density at radius 2 is 1.89 bits per heavy atom. The van der Waals surface area contributed by atoms with Gasteiger partial charge in [0.1, 0.15) is 0 Å². The van der Waals surface area contributed by atoms with Crippen LogP contribution in [0.1, 0.15) is 31.7 Å². The molecule has 0 radical (unpaired) electrons. The average molecular weight is 373 g/mol. The van der Waals surface area contributed by atoms with E-state index in [9.17, 15) is 14.4 Å². The molecule has 0 bridgehead atoms. The van der Waals surface area contributed by atoms with Crippen molar-refractivity contribution in [2.75, 3.05) is 26.2 Å². The molecular formula is C20H27N3O4. The van der Waals surface area contributed by atoms with Crippen LogP contribution in [0, 0.1) is 5.92 Å². The highest BCUT2D eigenvalue weighted by Gasteiger charge is 2.39. The van der Waals surface area contributed by atoms with E-state index in [-0.39, 0.29) is 36.3 Å². The van der Waals surface area contributed by atoms with Crippen LogP contribution in [0.2, 0.25) is 0 Å². The van der Waals surface area contributed by atoms with E-state index in [1.54, 1.807) is 11.8 Å². The van der Waals surface area contributed by atoms with Crippen molar-refractivity contribution in [1.29, 1.82) is 0 Å². The molecule has 2 saturated heterocycles. The largest absolute Gasteiger partial charge is 0.450 e. The maximum Gasteiger partial charge on any atom is 0.409 e. The first-order valence-corrected chi connectivity index (χ1v) is 9.61. The summed E-state index contributed by atoms with van der Waals surface area (Å²) in [4.78, 5) is 40.2. The number of carbonyl (C=O) groups excluding carboxylic acids is 3. The molecule has 2 aliphatic rings. The summed E-state index contributed by atoms with van der Waals surface area (Å²) in [5.41, 5.74) is 1.04. The van der Waals surface area contributed by atoms with Crippen LogP contribution in [-0.4, -0.2) is 60.0 Å². The lowest BCUT2D eigenvalue weighted by Gasteiger charge is -2.36. The van der Waals surface area contributed by atoms with Crippen molar-refractivity contribution in [3.8, 4) is 0 Å². The fraction of sp³-hybridized carbons (Fsp3) is 0.550. The summed E-state index contributed by atoms with van der Waals surface area (Å²) in [6, 6.07) is 9.82. The summed E-state index contributed by atoms with van der Waals surface area (Å²) in [6.07, 6.45) is 1.42. The Bertz CT molecular complexity index is 671. The predicted octanol–water partition coefficient (Wildman–Crippen LogP) is 1.77. The van der Waals surface area contributed by atoms with E-state index >= 15 is 0 Å². The highest BCUT2D eigenvalue weighted by Crippen LogP contribution is 2.26. The fourth-order valence-corrected chi connectivity index (χ4v) is 3.76. The van der Waals surface area contributed by atoms with E-state index in [2.05, 4.69) is 5.32 Å². The first-order chi connectivity index (χ1) is 13.1. The molecule has 7 nitrogen and oxygen atoms in total. The summed E-state index contributed by atoms with van der Waals surface area (Å²) in [6.45, 7) is 4.25. The zero-order chi connectivity index (χ0) is 19.2. The molecule has 146 valence electrons. The summed E-state index contributed by atoms with van der Waals surface area (Å²) in [7, 11) is 0. The van der Waals surface area contributed by atoms with E-state index < -0.39 is 0 Å². The average Bonchev–Trinajstić information content (AvgIpc) is 3.09. The molecule has 1 N–H and O–H groups in total. The number of rotatable bonds is 5. The summed E-state index contributed by atoms with van der Waals surface area (Å²) >= 11 is 0. The number of hydrogen-bond donors (Lipinski definition) is 1. The van der Waals surface area contributed by atoms with Gasteiger partial charge in [0, 0.05) is 38.6 Å². The van der Waals surface area contributed by atoms with Crippen LogP contribution in [0.4, 0.5) is 4.79 Å². The van der Waals surface area contributed by atoms with E-state index in [1.807, 2.05) is 35.2 Å². The van der Waals surface area contributed by atoms with Gasteiger partial charge in [-0.2, -0.15) is 0 Å². The normalized spacial score (nSPS) is 20.6. The minimum absolute atomic E-state index is 0.0319. The molecule has 2 heterocycles. The van der Waals surface area contributed by atoms with Crippen LogP contribution >= 0.6 is 0 Å². The molecule has 3 rings (SSSR count). The van der Waals surface area contributed by atoms with Crippen LogP contribution in [0.15, 0.2) is 30.3 Å². The smallest absolute Gasteiger partial charge is 0.409 e. The third-order valence-electron chi connectivity index (χ3n) is 5.27. The molecule has 3 amide bonds. The lowest BCUT2D eigenvalue weighted by molar-refractivity contribution is -0.131. The molecule has 7 heteroatoms. The Kier molecular flexibility index (Phi) is 6.32. The van der Waals surface area contributed by atoms with Gasteiger partial charge in [-0.25, -0.2) is 4.79 Å². The van der Waals surface area contributed by atoms with E-state index in [0.29, 0.717) is 32.8 Å². The number of carbonyl (C=O) groups is 3. The molecule has 0 spiro atoms. The minimum atomic E-state index is -0.302. The number of likely N-dealkylation sites (tertiary alicyclic amines) is 2. The number of nitrogens with one attached hydrogen (secondary N) is 1. The molecule has 1 aromatic carbocycles. The Hall–Kier alpha value is -2.57. The van der Waals surface area contributed by atoms with Gasteiger partial charge in [-0.3, -0.25) is 9.59 Å². The topological polar surface area (TPSA) is 79.0 Å². The number of nitrogens with zero attached hydrogens (tertiary/aromatic N) is 2. The van der Waals surface area contributed by atoms with E-state index in [4.69, 9.17) is 4.74 Å². The Morgan fingerprint density at radius 3 is 2.56 bits per heavy atom. The van der Waals surface area contributed by atoms with Crippen molar-refractivity contribution >= 4 is 17.9 Å². The first-order valence-electron chi connectivity index (χ1n) is 9.61. The third-order valence-corrected chi connectivity index (χ3v) is 5.27. The third kappa shape index (κ3) is 4.78. The quantitative estimate of drug-likeness (QED) is 0.853. The van der Waals surface area contributed by atoms with E-state index in [0.717, 1.165) is 18.4 Å². The van der Waals surface area contributed by atoms with Gasteiger partial charge in [-0.1, -0.05) is 30.3 Å².